The van der Waals surface area contributed by atoms with E-state index in [0.717, 1.165) is 17.4 Å². The highest BCUT2D eigenvalue weighted by atomic mass is 32.1. The number of carbonyl (C=O) groups excluding carboxylic acids is 2. The molecule has 3 aromatic rings. The Morgan fingerprint density at radius 1 is 1.23 bits per heavy atom. The van der Waals surface area contributed by atoms with Gasteiger partial charge in [0.15, 0.2) is 0 Å². The number of pyridine rings is 1. The number of hydrogen-bond donors (Lipinski definition) is 1. The fourth-order valence-electron chi connectivity index (χ4n) is 4.04. The van der Waals surface area contributed by atoms with Gasteiger partial charge in [-0.05, 0) is 37.6 Å². The second kappa shape index (κ2) is 8.99. The summed E-state index contributed by atoms with van der Waals surface area (Å²) in [5.41, 5.74) is -2.32. The van der Waals surface area contributed by atoms with Crippen LogP contribution in [0.5, 0.6) is 0 Å². The van der Waals surface area contributed by atoms with Gasteiger partial charge in [0.25, 0.3) is 5.56 Å². The topological polar surface area (TPSA) is 80.6 Å². The van der Waals surface area contributed by atoms with Crippen LogP contribution < -0.4 is 10.9 Å². The van der Waals surface area contributed by atoms with E-state index in [1.54, 1.807) is 19.9 Å². The molecule has 1 aliphatic heterocycles. The average molecular weight is 511 g/mol. The first kappa shape index (κ1) is 24.7. The summed E-state index contributed by atoms with van der Waals surface area (Å²) in [7, 11) is 0. The SMILES string of the molecule is CCOC(=O)NC1(C)CN(C(=O)Cn2ccc3scc(-c4ccc(F)c(C(F)(F)F)c4)c3c2=O)C1. The zero-order chi connectivity index (χ0) is 25.5. The van der Waals surface area contributed by atoms with Crippen molar-refractivity contribution in [3.8, 4) is 11.1 Å². The van der Waals surface area contributed by atoms with Crippen LogP contribution in [0.25, 0.3) is 21.2 Å². The predicted molar refractivity (Wildman–Crippen MR) is 122 cm³/mol. The molecule has 186 valence electrons. The van der Waals surface area contributed by atoms with E-state index in [4.69, 9.17) is 4.74 Å². The van der Waals surface area contributed by atoms with Crippen molar-refractivity contribution in [2.24, 2.45) is 0 Å². The Labute approximate surface area is 200 Å². The first-order chi connectivity index (χ1) is 16.4. The summed E-state index contributed by atoms with van der Waals surface area (Å²) in [4.78, 5) is 39.0. The minimum atomic E-state index is -4.88. The third-order valence-corrected chi connectivity index (χ3v) is 6.65. The van der Waals surface area contributed by atoms with Gasteiger partial charge in [-0.15, -0.1) is 11.3 Å². The van der Waals surface area contributed by atoms with E-state index in [2.05, 4.69) is 5.32 Å². The molecule has 1 aromatic carbocycles. The summed E-state index contributed by atoms with van der Waals surface area (Å²) in [6.45, 7) is 3.85. The van der Waals surface area contributed by atoms with Gasteiger partial charge in [-0.1, -0.05) is 6.07 Å². The Morgan fingerprint density at radius 3 is 2.60 bits per heavy atom. The molecule has 1 saturated heterocycles. The van der Waals surface area contributed by atoms with Crippen LogP contribution >= 0.6 is 11.3 Å². The van der Waals surface area contributed by atoms with E-state index in [1.807, 2.05) is 0 Å². The quantitative estimate of drug-likeness (QED) is 0.520. The molecule has 0 radical (unpaired) electrons. The van der Waals surface area contributed by atoms with Crippen molar-refractivity contribution in [1.29, 1.82) is 0 Å². The summed E-state index contributed by atoms with van der Waals surface area (Å²) in [5.74, 6) is -1.75. The molecule has 0 aliphatic carbocycles. The number of alkyl carbamates (subject to hydrolysis) is 1. The molecular formula is C23H21F4N3O4S. The molecule has 7 nitrogen and oxygen atoms in total. The van der Waals surface area contributed by atoms with Crippen LogP contribution in [0.3, 0.4) is 0 Å². The van der Waals surface area contributed by atoms with Crippen molar-refractivity contribution in [1.82, 2.24) is 14.8 Å². The molecular weight excluding hydrogens is 490 g/mol. The maximum atomic E-state index is 13.7. The lowest BCUT2D eigenvalue weighted by atomic mass is 9.92. The fraction of sp³-hybridized carbons (Fsp3) is 0.348. The number of aromatic nitrogens is 1. The lowest BCUT2D eigenvalue weighted by molar-refractivity contribution is -0.140. The van der Waals surface area contributed by atoms with Crippen molar-refractivity contribution < 1.29 is 31.9 Å². The van der Waals surface area contributed by atoms with E-state index in [-0.39, 0.29) is 48.7 Å². The second-order valence-corrected chi connectivity index (χ2v) is 9.40. The molecule has 0 spiro atoms. The lowest BCUT2D eigenvalue weighted by Crippen LogP contribution is -2.70. The maximum Gasteiger partial charge on any atom is 0.419 e. The number of benzene rings is 1. The van der Waals surface area contributed by atoms with Gasteiger partial charge < -0.3 is 19.5 Å². The Kier molecular flexibility index (Phi) is 6.34. The molecule has 1 fully saturated rings. The number of alkyl halides is 3. The number of halogens is 4. The predicted octanol–water partition coefficient (Wildman–Crippen LogP) is 4.23. The summed E-state index contributed by atoms with van der Waals surface area (Å²) in [6, 6.07) is 4.19. The number of thiophene rings is 1. The molecule has 0 unspecified atom stereocenters. The number of likely N-dealkylation sites (tertiary alicyclic amines) is 1. The Hall–Kier alpha value is -3.41. The minimum Gasteiger partial charge on any atom is -0.450 e. The largest absolute Gasteiger partial charge is 0.450 e. The Bertz CT molecular complexity index is 1360. The van der Waals surface area contributed by atoms with Gasteiger partial charge in [-0.3, -0.25) is 9.59 Å². The van der Waals surface area contributed by atoms with Crippen LogP contribution in [0, 0.1) is 5.82 Å². The van der Waals surface area contributed by atoms with E-state index in [9.17, 15) is 31.9 Å². The average Bonchev–Trinajstić information content (AvgIpc) is 3.18. The maximum absolute atomic E-state index is 13.7. The smallest absolute Gasteiger partial charge is 0.419 e. The van der Waals surface area contributed by atoms with Crippen LogP contribution in [0.15, 0.2) is 40.6 Å². The number of ether oxygens (including phenoxy) is 1. The molecule has 4 rings (SSSR count). The zero-order valence-electron chi connectivity index (χ0n) is 18.7. The van der Waals surface area contributed by atoms with Crippen LogP contribution in [0.2, 0.25) is 0 Å². The molecule has 1 aliphatic rings. The van der Waals surface area contributed by atoms with E-state index in [1.165, 1.54) is 27.1 Å². The molecule has 12 heteroatoms. The van der Waals surface area contributed by atoms with E-state index in [0.29, 0.717) is 10.8 Å². The molecule has 2 amide bonds. The van der Waals surface area contributed by atoms with Gasteiger partial charge >= 0.3 is 12.3 Å². The van der Waals surface area contributed by atoms with E-state index < -0.39 is 34.7 Å². The van der Waals surface area contributed by atoms with Crippen molar-refractivity contribution in [3.63, 3.8) is 0 Å². The monoisotopic (exact) mass is 511 g/mol. The standard InChI is InChI=1S/C23H21F4N3O4S/c1-3-34-21(33)28-22(2)11-30(12-22)18(31)9-29-7-6-17-19(20(29)32)14(10-35-17)13-4-5-16(24)15(8-13)23(25,26)27/h4-8,10H,3,9,11-12H2,1-2H3,(H,28,33). The van der Waals surface area contributed by atoms with Crippen molar-refractivity contribution in [2.75, 3.05) is 19.7 Å². The number of nitrogens with zero attached hydrogens (tertiary/aromatic N) is 2. The van der Waals surface area contributed by atoms with Gasteiger partial charge in [0.2, 0.25) is 5.91 Å². The summed E-state index contributed by atoms with van der Waals surface area (Å²) < 4.78 is 59.8. The van der Waals surface area contributed by atoms with Crippen LogP contribution in [0.4, 0.5) is 22.4 Å². The third-order valence-electron chi connectivity index (χ3n) is 5.70. The zero-order valence-corrected chi connectivity index (χ0v) is 19.6. The molecule has 0 atom stereocenters. The van der Waals surface area contributed by atoms with Crippen molar-refractivity contribution >= 4 is 33.4 Å². The van der Waals surface area contributed by atoms with Crippen molar-refractivity contribution in [3.05, 3.63) is 57.6 Å². The highest BCUT2D eigenvalue weighted by Crippen LogP contribution is 2.37. The molecule has 2 aromatic heterocycles. The first-order valence-corrected chi connectivity index (χ1v) is 11.5. The first-order valence-electron chi connectivity index (χ1n) is 10.6. The lowest BCUT2D eigenvalue weighted by Gasteiger charge is -2.47. The van der Waals surface area contributed by atoms with Gasteiger partial charge in [0.1, 0.15) is 12.4 Å². The van der Waals surface area contributed by atoms with Crippen LogP contribution in [0.1, 0.15) is 19.4 Å². The van der Waals surface area contributed by atoms with Gasteiger partial charge in [0, 0.05) is 34.9 Å². The molecule has 1 N–H and O–H groups in total. The number of rotatable bonds is 5. The number of fused-ring (bicyclic) bond motifs is 1. The normalized spacial score (nSPS) is 15.1. The highest BCUT2D eigenvalue weighted by molar-refractivity contribution is 7.17. The summed E-state index contributed by atoms with van der Waals surface area (Å²) in [6.07, 6.45) is -4.01. The summed E-state index contributed by atoms with van der Waals surface area (Å²) >= 11 is 1.16. The molecule has 0 saturated carbocycles. The molecule has 0 bridgehead atoms. The molecule has 35 heavy (non-hydrogen) atoms. The number of carbonyl (C=O) groups is 2. The molecule has 3 heterocycles. The fourth-order valence-corrected chi connectivity index (χ4v) is 5.00. The summed E-state index contributed by atoms with van der Waals surface area (Å²) in [5, 5.41) is 4.38. The highest BCUT2D eigenvalue weighted by Gasteiger charge is 2.42. The second-order valence-electron chi connectivity index (χ2n) is 8.49. The van der Waals surface area contributed by atoms with Crippen LogP contribution in [-0.4, -0.2) is 46.7 Å². The van der Waals surface area contributed by atoms with Gasteiger partial charge in [-0.25, -0.2) is 9.18 Å². The minimum absolute atomic E-state index is 0.0506. The number of nitrogens with one attached hydrogen (secondary N) is 1. The van der Waals surface area contributed by atoms with Crippen LogP contribution in [-0.2, 0) is 22.3 Å². The third kappa shape index (κ3) is 4.88. The number of hydrogen-bond acceptors (Lipinski definition) is 5. The Morgan fingerprint density at radius 2 is 1.94 bits per heavy atom. The van der Waals surface area contributed by atoms with Gasteiger partial charge in [0.05, 0.1) is 23.1 Å². The van der Waals surface area contributed by atoms with Crippen molar-refractivity contribution in [2.45, 2.75) is 32.1 Å². The van der Waals surface area contributed by atoms with Gasteiger partial charge in [-0.2, -0.15) is 13.2 Å². The Balaban J connectivity index is 1.57. The number of amides is 2. The van der Waals surface area contributed by atoms with E-state index >= 15 is 0 Å².